The first kappa shape index (κ1) is 17.3. The lowest BCUT2D eigenvalue weighted by atomic mass is 10.2. The van der Waals surface area contributed by atoms with Crippen LogP contribution < -0.4 is 9.64 Å². The number of hydrogen-bond acceptors (Lipinski definition) is 6. The van der Waals surface area contributed by atoms with Gasteiger partial charge in [0.25, 0.3) is 0 Å². The SMILES string of the molecule is CN(Cc1ccc(OC(F)F)cc1)c1nn2cc(-c3cccnc3)nc2s1. The van der Waals surface area contributed by atoms with E-state index in [9.17, 15) is 8.78 Å². The van der Waals surface area contributed by atoms with Gasteiger partial charge in [-0.2, -0.15) is 8.78 Å². The van der Waals surface area contributed by atoms with Crippen molar-refractivity contribution in [3.05, 3.63) is 60.6 Å². The van der Waals surface area contributed by atoms with E-state index in [4.69, 9.17) is 0 Å². The highest BCUT2D eigenvalue weighted by molar-refractivity contribution is 7.20. The second kappa shape index (κ2) is 7.28. The van der Waals surface area contributed by atoms with Crippen molar-refractivity contribution in [1.29, 1.82) is 0 Å². The van der Waals surface area contributed by atoms with Gasteiger partial charge < -0.3 is 9.64 Å². The Bertz CT molecular complexity index is 1000. The molecular weight excluding hydrogens is 372 g/mol. The summed E-state index contributed by atoms with van der Waals surface area (Å²) in [6.45, 7) is -2.23. The number of nitrogens with zero attached hydrogens (tertiary/aromatic N) is 5. The van der Waals surface area contributed by atoms with Crippen LogP contribution in [0.2, 0.25) is 0 Å². The van der Waals surface area contributed by atoms with Gasteiger partial charge in [-0.15, -0.1) is 5.10 Å². The van der Waals surface area contributed by atoms with Gasteiger partial charge >= 0.3 is 6.61 Å². The highest BCUT2D eigenvalue weighted by atomic mass is 32.1. The Labute approximate surface area is 157 Å². The zero-order chi connectivity index (χ0) is 18.8. The lowest BCUT2D eigenvalue weighted by Crippen LogP contribution is -2.16. The number of anilines is 1. The normalized spacial score (nSPS) is 11.3. The average Bonchev–Trinajstić information content (AvgIpc) is 3.23. The molecule has 0 amide bonds. The summed E-state index contributed by atoms with van der Waals surface area (Å²) in [6.07, 6.45) is 5.36. The smallest absolute Gasteiger partial charge is 0.387 e. The quantitative estimate of drug-likeness (QED) is 0.499. The number of benzene rings is 1. The Morgan fingerprint density at radius 3 is 2.70 bits per heavy atom. The molecule has 0 aliphatic rings. The Kier molecular flexibility index (Phi) is 4.68. The fourth-order valence-electron chi connectivity index (χ4n) is 2.62. The van der Waals surface area contributed by atoms with Gasteiger partial charge in [0.2, 0.25) is 10.1 Å². The first-order valence-corrected chi connectivity index (χ1v) is 8.91. The van der Waals surface area contributed by atoms with Gasteiger partial charge in [0, 0.05) is 31.5 Å². The number of halogens is 2. The average molecular weight is 387 g/mol. The highest BCUT2D eigenvalue weighted by Gasteiger charge is 2.13. The van der Waals surface area contributed by atoms with E-state index in [0.29, 0.717) is 6.54 Å². The van der Waals surface area contributed by atoms with E-state index in [0.717, 1.165) is 26.9 Å². The third-order valence-corrected chi connectivity index (χ3v) is 4.92. The van der Waals surface area contributed by atoms with Gasteiger partial charge in [0.1, 0.15) is 5.75 Å². The molecule has 0 fully saturated rings. The van der Waals surface area contributed by atoms with E-state index in [1.165, 1.54) is 23.5 Å². The number of fused-ring (bicyclic) bond motifs is 1. The summed E-state index contributed by atoms with van der Waals surface area (Å²) in [5, 5.41) is 5.37. The van der Waals surface area contributed by atoms with Crippen molar-refractivity contribution < 1.29 is 13.5 Å². The minimum atomic E-state index is -2.82. The van der Waals surface area contributed by atoms with E-state index in [1.54, 1.807) is 29.0 Å². The summed E-state index contributed by atoms with van der Waals surface area (Å²) >= 11 is 1.47. The number of hydrogen-bond donors (Lipinski definition) is 0. The molecule has 4 aromatic rings. The molecule has 9 heteroatoms. The second-order valence-corrected chi connectivity index (χ2v) is 6.79. The van der Waals surface area contributed by atoms with Crippen LogP contribution in [0.5, 0.6) is 5.75 Å². The molecule has 4 rings (SSSR count). The van der Waals surface area contributed by atoms with E-state index in [-0.39, 0.29) is 5.75 Å². The molecule has 6 nitrogen and oxygen atoms in total. The number of alkyl halides is 2. The number of rotatable bonds is 6. The third kappa shape index (κ3) is 3.87. The zero-order valence-corrected chi connectivity index (χ0v) is 15.1. The van der Waals surface area contributed by atoms with Gasteiger partial charge in [0.05, 0.1) is 11.9 Å². The topological polar surface area (TPSA) is 55.5 Å². The van der Waals surface area contributed by atoms with Gasteiger partial charge in [-0.1, -0.05) is 23.5 Å². The van der Waals surface area contributed by atoms with Crippen LogP contribution in [0.25, 0.3) is 16.2 Å². The van der Waals surface area contributed by atoms with E-state index >= 15 is 0 Å². The molecule has 0 spiro atoms. The van der Waals surface area contributed by atoms with Crippen molar-refractivity contribution >= 4 is 21.4 Å². The second-order valence-electron chi connectivity index (χ2n) is 5.86. The largest absolute Gasteiger partial charge is 0.435 e. The number of aromatic nitrogens is 4. The minimum Gasteiger partial charge on any atom is -0.435 e. The molecule has 3 heterocycles. The molecule has 0 atom stereocenters. The van der Waals surface area contributed by atoms with Crippen molar-refractivity contribution in [3.63, 3.8) is 0 Å². The van der Waals surface area contributed by atoms with Crippen LogP contribution in [0.15, 0.2) is 55.0 Å². The van der Waals surface area contributed by atoms with Gasteiger partial charge in [0.15, 0.2) is 0 Å². The summed E-state index contributed by atoms with van der Waals surface area (Å²) < 4.78 is 30.5. The lowest BCUT2D eigenvalue weighted by Gasteiger charge is -2.15. The van der Waals surface area contributed by atoms with Crippen LogP contribution in [0.1, 0.15) is 5.56 Å². The molecule has 0 unspecified atom stereocenters. The predicted molar refractivity (Wildman–Crippen MR) is 99.3 cm³/mol. The fraction of sp³-hybridized carbons (Fsp3) is 0.167. The molecule has 0 radical (unpaired) electrons. The maximum Gasteiger partial charge on any atom is 0.387 e. The third-order valence-electron chi connectivity index (χ3n) is 3.88. The van der Waals surface area contributed by atoms with Crippen molar-refractivity contribution in [2.24, 2.45) is 0 Å². The Morgan fingerprint density at radius 2 is 2.04 bits per heavy atom. The van der Waals surface area contributed by atoms with Crippen LogP contribution in [0.3, 0.4) is 0 Å². The molecular formula is C18H15F2N5OS. The van der Waals surface area contributed by atoms with Gasteiger partial charge in [-0.25, -0.2) is 9.50 Å². The Balaban J connectivity index is 1.48. The molecule has 0 saturated heterocycles. The van der Waals surface area contributed by atoms with E-state index in [1.807, 2.05) is 30.3 Å². The minimum absolute atomic E-state index is 0.145. The van der Waals surface area contributed by atoms with Crippen LogP contribution in [-0.4, -0.2) is 33.2 Å². The van der Waals surface area contributed by atoms with Crippen LogP contribution >= 0.6 is 11.3 Å². The molecule has 3 aromatic heterocycles. The predicted octanol–water partition coefficient (Wildman–Crippen LogP) is 4.09. The standard InChI is InChI=1S/C18H15F2N5OS/c1-24(10-12-4-6-14(7-5-12)26-16(19)20)18-23-25-11-15(22-17(25)27-18)13-3-2-8-21-9-13/h2-9,11,16H,10H2,1H3. The summed E-state index contributed by atoms with van der Waals surface area (Å²) in [5.41, 5.74) is 2.73. The van der Waals surface area contributed by atoms with Gasteiger partial charge in [-0.3, -0.25) is 4.98 Å². The zero-order valence-electron chi connectivity index (χ0n) is 14.3. The van der Waals surface area contributed by atoms with Crippen molar-refractivity contribution in [1.82, 2.24) is 19.6 Å². The first-order chi connectivity index (χ1) is 13.1. The summed E-state index contributed by atoms with van der Waals surface area (Å²) in [5.74, 6) is 0.145. The van der Waals surface area contributed by atoms with Crippen LogP contribution in [0, 0.1) is 0 Å². The molecule has 1 aromatic carbocycles. The first-order valence-electron chi connectivity index (χ1n) is 8.10. The van der Waals surface area contributed by atoms with Crippen LogP contribution in [-0.2, 0) is 6.54 Å². The lowest BCUT2D eigenvalue weighted by molar-refractivity contribution is -0.0498. The summed E-state index contributed by atoms with van der Waals surface area (Å²) in [6, 6.07) is 10.4. The fourth-order valence-corrected chi connectivity index (χ4v) is 3.46. The molecule has 0 bridgehead atoms. The van der Waals surface area contributed by atoms with Crippen LogP contribution in [0.4, 0.5) is 13.9 Å². The van der Waals surface area contributed by atoms with Crippen molar-refractivity contribution in [3.8, 4) is 17.0 Å². The molecule has 0 saturated carbocycles. The molecule has 138 valence electrons. The number of ether oxygens (including phenoxy) is 1. The van der Waals surface area contributed by atoms with Gasteiger partial charge in [-0.05, 0) is 29.8 Å². The molecule has 0 N–H and O–H groups in total. The maximum atomic E-state index is 12.2. The van der Waals surface area contributed by atoms with E-state index < -0.39 is 6.61 Å². The Hall–Kier alpha value is -3.07. The van der Waals surface area contributed by atoms with Crippen molar-refractivity contribution in [2.75, 3.05) is 11.9 Å². The monoisotopic (exact) mass is 387 g/mol. The Morgan fingerprint density at radius 1 is 1.22 bits per heavy atom. The number of pyridine rings is 1. The number of imidazole rings is 1. The maximum absolute atomic E-state index is 12.2. The van der Waals surface area contributed by atoms with E-state index in [2.05, 4.69) is 19.8 Å². The van der Waals surface area contributed by atoms with Crippen molar-refractivity contribution in [2.45, 2.75) is 13.2 Å². The molecule has 0 aliphatic carbocycles. The summed E-state index contributed by atoms with van der Waals surface area (Å²) in [7, 11) is 1.92. The molecule has 27 heavy (non-hydrogen) atoms. The highest BCUT2D eigenvalue weighted by Crippen LogP contribution is 2.27. The summed E-state index contributed by atoms with van der Waals surface area (Å²) in [4.78, 5) is 11.5. The molecule has 0 aliphatic heterocycles.